The summed E-state index contributed by atoms with van der Waals surface area (Å²) in [4.78, 5) is 42.0. The summed E-state index contributed by atoms with van der Waals surface area (Å²) in [7, 11) is 0. The van der Waals surface area contributed by atoms with Crippen molar-refractivity contribution >= 4 is 50.6 Å². The Balaban J connectivity index is 1.55. The Morgan fingerprint density at radius 1 is 1.16 bits per heavy atom. The van der Waals surface area contributed by atoms with Crippen LogP contribution in [0.2, 0.25) is 0 Å². The zero-order valence-corrected chi connectivity index (χ0v) is 19.4. The first-order chi connectivity index (χ1) is 15.2. The number of pyridine rings is 1. The van der Waals surface area contributed by atoms with Crippen LogP contribution in [-0.2, 0) is 16.1 Å². The Morgan fingerprint density at radius 3 is 2.44 bits per heavy atom. The number of nitrogens with one attached hydrogen (secondary N) is 2. The van der Waals surface area contributed by atoms with Gasteiger partial charge in [0.2, 0.25) is 0 Å². The highest BCUT2D eigenvalue weighted by atomic mass is 79.9. The minimum Gasteiger partial charge on any atom is -0.465 e. The molecule has 0 radical (unpaired) electrons. The van der Waals surface area contributed by atoms with Gasteiger partial charge in [-0.3, -0.25) is 15.0 Å². The van der Waals surface area contributed by atoms with Gasteiger partial charge in [-0.25, -0.2) is 9.78 Å². The molecule has 0 atom stereocenters. The topological polar surface area (TPSA) is 115 Å². The number of halogens is 1. The molecule has 0 bridgehead atoms. The van der Waals surface area contributed by atoms with E-state index in [9.17, 15) is 14.4 Å². The van der Waals surface area contributed by atoms with E-state index < -0.39 is 6.09 Å². The number of hydrazine groups is 1. The van der Waals surface area contributed by atoms with Gasteiger partial charge in [0.15, 0.2) is 0 Å². The van der Waals surface area contributed by atoms with Crippen LogP contribution in [0.5, 0.6) is 0 Å². The van der Waals surface area contributed by atoms with E-state index in [1.807, 2.05) is 24.3 Å². The number of likely N-dealkylation sites (tertiary alicyclic amines) is 1. The number of anilines is 1. The van der Waals surface area contributed by atoms with Gasteiger partial charge in [0.05, 0.1) is 5.52 Å². The van der Waals surface area contributed by atoms with Crippen molar-refractivity contribution in [2.75, 3.05) is 18.5 Å². The van der Waals surface area contributed by atoms with Crippen LogP contribution in [0, 0.1) is 0 Å². The van der Waals surface area contributed by atoms with Crippen LogP contribution in [0.25, 0.3) is 10.9 Å². The van der Waals surface area contributed by atoms with Crippen molar-refractivity contribution in [3.05, 3.63) is 45.4 Å². The van der Waals surface area contributed by atoms with Crippen LogP contribution >= 0.6 is 15.9 Å². The second-order valence-corrected chi connectivity index (χ2v) is 8.98. The van der Waals surface area contributed by atoms with E-state index in [1.165, 1.54) is 4.90 Å². The SMILES string of the molecule is CC1=C(C)C(=O)N(Nc2cc(CNC3CCN(C(=O)O)CC3)c3ccc(Br)cc3n2)C1=O. The Bertz CT molecular complexity index is 1120. The van der Waals surface area contributed by atoms with Crippen molar-refractivity contribution in [2.45, 2.75) is 39.3 Å². The predicted octanol–water partition coefficient (Wildman–Crippen LogP) is 3.26. The minimum absolute atomic E-state index is 0.205. The van der Waals surface area contributed by atoms with Crippen molar-refractivity contribution in [3.63, 3.8) is 0 Å². The number of benzene rings is 1. The zero-order valence-electron chi connectivity index (χ0n) is 17.8. The first-order valence-corrected chi connectivity index (χ1v) is 11.2. The Morgan fingerprint density at radius 2 is 1.81 bits per heavy atom. The van der Waals surface area contributed by atoms with Gasteiger partial charge < -0.3 is 15.3 Å². The van der Waals surface area contributed by atoms with Crippen LogP contribution in [0.1, 0.15) is 32.3 Å². The molecule has 10 heteroatoms. The lowest BCUT2D eigenvalue weighted by Gasteiger charge is -2.30. The van der Waals surface area contributed by atoms with Crippen molar-refractivity contribution in [1.82, 2.24) is 20.2 Å². The number of hydrogen-bond donors (Lipinski definition) is 3. The van der Waals surface area contributed by atoms with Gasteiger partial charge in [-0.1, -0.05) is 22.0 Å². The van der Waals surface area contributed by atoms with Crippen molar-refractivity contribution < 1.29 is 19.5 Å². The predicted molar refractivity (Wildman–Crippen MR) is 123 cm³/mol. The Labute approximate surface area is 193 Å². The molecule has 3 amide bonds. The fraction of sp³-hybridized carbons (Fsp3) is 0.364. The maximum Gasteiger partial charge on any atom is 0.407 e. The third-order valence-electron chi connectivity index (χ3n) is 6.04. The smallest absolute Gasteiger partial charge is 0.407 e. The molecule has 2 aliphatic heterocycles. The molecule has 32 heavy (non-hydrogen) atoms. The van der Waals surface area contributed by atoms with E-state index in [0.29, 0.717) is 36.6 Å². The molecule has 1 saturated heterocycles. The number of fused-ring (bicyclic) bond motifs is 1. The lowest BCUT2D eigenvalue weighted by molar-refractivity contribution is -0.135. The van der Waals surface area contributed by atoms with E-state index in [2.05, 4.69) is 31.7 Å². The molecule has 4 rings (SSSR count). The average Bonchev–Trinajstić information content (AvgIpc) is 2.95. The number of carbonyl (C=O) groups is 3. The molecular weight excluding hydrogens is 478 g/mol. The maximum absolute atomic E-state index is 12.4. The quantitative estimate of drug-likeness (QED) is 0.538. The monoisotopic (exact) mass is 501 g/mol. The van der Waals surface area contributed by atoms with Crippen LogP contribution in [0.3, 0.4) is 0 Å². The molecule has 3 N–H and O–H groups in total. The molecular formula is C22H24BrN5O4. The molecule has 2 aliphatic rings. The average molecular weight is 502 g/mol. The summed E-state index contributed by atoms with van der Waals surface area (Å²) in [5, 5.41) is 14.6. The van der Waals surface area contributed by atoms with Gasteiger partial charge >= 0.3 is 6.09 Å². The number of carboxylic acid groups (broad SMARTS) is 1. The lowest BCUT2D eigenvalue weighted by Crippen LogP contribution is -2.44. The summed E-state index contributed by atoms with van der Waals surface area (Å²) in [6.07, 6.45) is 0.607. The van der Waals surface area contributed by atoms with Crippen LogP contribution in [0.4, 0.5) is 10.6 Å². The molecule has 0 unspecified atom stereocenters. The molecule has 0 spiro atoms. The molecule has 3 heterocycles. The molecule has 0 aliphatic carbocycles. The molecule has 1 fully saturated rings. The third kappa shape index (κ3) is 4.33. The highest BCUT2D eigenvalue weighted by Gasteiger charge is 2.34. The van der Waals surface area contributed by atoms with E-state index in [0.717, 1.165) is 38.8 Å². The number of amides is 3. The first-order valence-electron chi connectivity index (χ1n) is 10.4. The Kier molecular flexibility index (Phi) is 6.16. The summed E-state index contributed by atoms with van der Waals surface area (Å²) in [6, 6.07) is 7.84. The summed E-state index contributed by atoms with van der Waals surface area (Å²) in [5.41, 5.74) is 5.40. The van der Waals surface area contributed by atoms with E-state index in [-0.39, 0.29) is 17.9 Å². The van der Waals surface area contributed by atoms with Gasteiger partial charge in [0.1, 0.15) is 5.82 Å². The minimum atomic E-state index is -0.879. The van der Waals surface area contributed by atoms with Gasteiger partial charge in [-0.2, -0.15) is 5.01 Å². The number of piperidine rings is 1. The van der Waals surface area contributed by atoms with Crippen LogP contribution < -0.4 is 10.7 Å². The normalized spacial score (nSPS) is 17.6. The van der Waals surface area contributed by atoms with E-state index in [1.54, 1.807) is 13.8 Å². The van der Waals surface area contributed by atoms with Gasteiger partial charge in [0, 0.05) is 46.7 Å². The molecule has 0 saturated carbocycles. The maximum atomic E-state index is 12.4. The molecule has 9 nitrogen and oxygen atoms in total. The van der Waals surface area contributed by atoms with E-state index >= 15 is 0 Å². The summed E-state index contributed by atoms with van der Waals surface area (Å²) >= 11 is 3.47. The van der Waals surface area contributed by atoms with Gasteiger partial charge in [-0.05, 0) is 50.5 Å². The second-order valence-electron chi connectivity index (χ2n) is 8.06. The second kappa shape index (κ2) is 8.87. The number of rotatable bonds is 5. The molecule has 1 aromatic heterocycles. The summed E-state index contributed by atoms with van der Waals surface area (Å²) in [5.74, 6) is -0.362. The largest absolute Gasteiger partial charge is 0.465 e. The number of nitrogens with zero attached hydrogens (tertiary/aromatic N) is 3. The number of imide groups is 1. The fourth-order valence-electron chi connectivity index (χ4n) is 3.97. The highest BCUT2D eigenvalue weighted by Crippen LogP contribution is 2.27. The Hall–Kier alpha value is -2.98. The summed E-state index contributed by atoms with van der Waals surface area (Å²) in [6.45, 7) is 4.83. The molecule has 1 aromatic carbocycles. The lowest BCUT2D eigenvalue weighted by atomic mass is 10.0. The first kappa shape index (κ1) is 22.2. The summed E-state index contributed by atoms with van der Waals surface area (Å²) < 4.78 is 0.872. The fourth-order valence-corrected chi connectivity index (χ4v) is 4.32. The van der Waals surface area contributed by atoms with Crippen molar-refractivity contribution in [1.29, 1.82) is 0 Å². The van der Waals surface area contributed by atoms with Crippen molar-refractivity contribution in [2.24, 2.45) is 0 Å². The highest BCUT2D eigenvalue weighted by molar-refractivity contribution is 9.10. The standard InChI is InChI=1S/C22H24BrN5O4/c1-12-13(2)21(30)28(20(12)29)26-19-9-14(17-4-3-15(23)10-18(17)25-19)11-24-16-5-7-27(8-6-16)22(31)32/h3-4,9-10,16,24H,5-8,11H2,1-2H3,(H,25,26)(H,31,32). The number of carbonyl (C=O) groups excluding carboxylic acids is 2. The zero-order chi connectivity index (χ0) is 23.0. The number of aromatic nitrogens is 1. The van der Waals surface area contributed by atoms with Crippen LogP contribution in [-0.4, -0.2) is 57.0 Å². The number of hydrogen-bond acceptors (Lipinski definition) is 6. The van der Waals surface area contributed by atoms with Gasteiger partial charge in [-0.15, -0.1) is 0 Å². The molecule has 2 aromatic rings. The van der Waals surface area contributed by atoms with E-state index in [4.69, 9.17) is 5.11 Å². The van der Waals surface area contributed by atoms with Gasteiger partial charge in [0.25, 0.3) is 11.8 Å². The third-order valence-corrected chi connectivity index (χ3v) is 6.53. The van der Waals surface area contributed by atoms with Crippen LogP contribution in [0.15, 0.2) is 39.9 Å². The molecule has 168 valence electrons. The van der Waals surface area contributed by atoms with Crippen molar-refractivity contribution in [3.8, 4) is 0 Å².